The molecule has 3 nitrogen and oxygen atoms in total. The highest BCUT2D eigenvalue weighted by molar-refractivity contribution is 6.46. The molecule has 0 spiro atoms. The number of halogens is 1. The van der Waals surface area contributed by atoms with E-state index in [0.29, 0.717) is 12.8 Å². The minimum Gasteiger partial charge on any atom is -0.464 e. The Morgan fingerprint density at radius 2 is 2.27 bits per heavy atom. The first-order valence-electron chi connectivity index (χ1n) is 5.06. The second-order valence-electron chi connectivity index (χ2n) is 3.73. The van der Waals surface area contributed by atoms with Gasteiger partial charge in [-0.05, 0) is 19.8 Å². The number of Topliss-reactive ketones (excluding diaryl/α,β-unsaturated/α-hetero) is 1. The number of carbonyl (C=O) groups excluding carboxylic acids is 2. The number of esters is 1. The number of allylic oxidation sites excluding steroid dienone is 1. The number of carbonyl (C=O) groups is 2. The van der Waals surface area contributed by atoms with E-state index < -0.39 is 10.8 Å². The lowest BCUT2D eigenvalue weighted by Gasteiger charge is -2.21. The van der Waals surface area contributed by atoms with E-state index in [2.05, 4.69) is 6.58 Å². The molecule has 0 amide bonds. The molecule has 1 fully saturated rings. The van der Waals surface area contributed by atoms with Gasteiger partial charge < -0.3 is 4.74 Å². The molecule has 1 atom stereocenters. The summed E-state index contributed by atoms with van der Waals surface area (Å²) in [6.45, 7) is 5.72. The van der Waals surface area contributed by atoms with Crippen molar-refractivity contribution in [3.63, 3.8) is 0 Å². The summed E-state index contributed by atoms with van der Waals surface area (Å²) in [7, 11) is 0. The molecule has 0 radical (unpaired) electrons. The Balaban J connectivity index is 2.89. The first-order chi connectivity index (χ1) is 7.00. The first kappa shape index (κ1) is 12.2. The van der Waals surface area contributed by atoms with E-state index >= 15 is 0 Å². The number of hydrogen-bond acceptors (Lipinski definition) is 3. The summed E-state index contributed by atoms with van der Waals surface area (Å²) in [6, 6.07) is 0. The normalized spacial score (nSPS) is 27.3. The molecule has 0 heterocycles. The molecule has 4 heteroatoms. The summed E-state index contributed by atoms with van der Waals surface area (Å²) in [5.41, 5.74) is 0.837. The molecule has 1 aliphatic rings. The zero-order chi connectivity index (χ0) is 11.5. The van der Waals surface area contributed by atoms with Crippen LogP contribution in [0.25, 0.3) is 0 Å². The smallest absolute Gasteiger partial charge is 0.335 e. The van der Waals surface area contributed by atoms with E-state index in [1.54, 1.807) is 6.92 Å². The molecule has 84 valence electrons. The zero-order valence-corrected chi connectivity index (χ0v) is 9.60. The van der Waals surface area contributed by atoms with Gasteiger partial charge >= 0.3 is 5.97 Å². The van der Waals surface area contributed by atoms with Crippen molar-refractivity contribution in [3.05, 3.63) is 12.2 Å². The molecular weight excluding hydrogens is 216 g/mol. The number of alkyl halides is 1. The number of ketones is 1. The van der Waals surface area contributed by atoms with E-state index in [1.165, 1.54) is 0 Å². The maximum absolute atomic E-state index is 11.7. The van der Waals surface area contributed by atoms with E-state index in [0.717, 1.165) is 12.0 Å². The van der Waals surface area contributed by atoms with Crippen molar-refractivity contribution in [2.45, 2.75) is 37.5 Å². The fraction of sp³-hybridized carbons (Fsp3) is 0.636. The van der Waals surface area contributed by atoms with Crippen molar-refractivity contribution in [2.24, 2.45) is 0 Å². The van der Waals surface area contributed by atoms with Gasteiger partial charge in [-0.2, -0.15) is 0 Å². The van der Waals surface area contributed by atoms with Crippen LogP contribution in [0.5, 0.6) is 0 Å². The van der Waals surface area contributed by atoms with Crippen LogP contribution in [0.4, 0.5) is 0 Å². The fourth-order valence-electron chi connectivity index (χ4n) is 1.66. The van der Waals surface area contributed by atoms with Crippen molar-refractivity contribution in [3.8, 4) is 0 Å². The Morgan fingerprint density at radius 1 is 1.60 bits per heavy atom. The molecule has 0 aromatic heterocycles. The lowest BCUT2D eigenvalue weighted by Crippen LogP contribution is -2.42. The average molecular weight is 231 g/mol. The molecular formula is C11H15ClO3. The van der Waals surface area contributed by atoms with E-state index in [9.17, 15) is 9.59 Å². The van der Waals surface area contributed by atoms with Crippen LogP contribution in [0.15, 0.2) is 12.2 Å². The van der Waals surface area contributed by atoms with Crippen LogP contribution in [-0.4, -0.2) is 23.2 Å². The number of hydrogen-bond donors (Lipinski definition) is 0. The SMILES string of the molecule is C=C1CCCC(=O)C(Cl)(C(=O)OCC)C1. The molecule has 0 aromatic carbocycles. The Hall–Kier alpha value is -0.830. The highest BCUT2D eigenvalue weighted by Gasteiger charge is 2.46. The van der Waals surface area contributed by atoms with Gasteiger partial charge in [0.15, 0.2) is 5.78 Å². The van der Waals surface area contributed by atoms with E-state index in [1.807, 2.05) is 0 Å². The minimum atomic E-state index is -1.52. The van der Waals surface area contributed by atoms with Crippen molar-refractivity contribution in [2.75, 3.05) is 6.61 Å². The Morgan fingerprint density at radius 3 is 2.87 bits per heavy atom. The van der Waals surface area contributed by atoms with Gasteiger partial charge in [0, 0.05) is 12.8 Å². The summed E-state index contributed by atoms with van der Waals surface area (Å²) in [5, 5.41) is 0. The lowest BCUT2D eigenvalue weighted by atomic mass is 9.96. The third-order valence-corrected chi connectivity index (χ3v) is 2.97. The van der Waals surface area contributed by atoms with Crippen molar-refractivity contribution < 1.29 is 14.3 Å². The topological polar surface area (TPSA) is 43.4 Å². The van der Waals surface area contributed by atoms with Gasteiger partial charge in [0.2, 0.25) is 4.87 Å². The van der Waals surface area contributed by atoms with Gasteiger partial charge in [0.25, 0.3) is 0 Å². The minimum absolute atomic E-state index is 0.201. The summed E-state index contributed by atoms with van der Waals surface area (Å²) in [5.74, 6) is -0.888. The van der Waals surface area contributed by atoms with Crippen LogP contribution >= 0.6 is 11.6 Å². The molecule has 1 saturated carbocycles. The Kier molecular flexibility index (Phi) is 3.91. The summed E-state index contributed by atoms with van der Waals surface area (Å²) >= 11 is 6.07. The molecule has 1 unspecified atom stereocenters. The standard InChI is InChI=1S/C11H15ClO3/c1-3-15-10(14)11(12)7-8(2)5-4-6-9(11)13/h2-7H2,1H3. The lowest BCUT2D eigenvalue weighted by molar-refractivity contribution is -0.149. The predicted molar refractivity (Wildman–Crippen MR) is 57.8 cm³/mol. The highest BCUT2D eigenvalue weighted by Crippen LogP contribution is 2.33. The van der Waals surface area contributed by atoms with Crippen LogP contribution in [-0.2, 0) is 14.3 Å². The second-order valence-corrected chi connectivity index (χ2v) is 4.37. The molecule has 0 aromatic rings. The van der Waals surface area contributed by atoms with Crippen LogP contribution in [0.2, 0.25) is 0 Å². The zero-order valence-electron chi connectivity index (χ0n) is 8.85. The quantitative estimate of drug-likeness (QED) is 0.240. The fourth-order valence-corrected chi connectivity index (χ4v) is 2.00. The average Bonchev–Trinajstić information content (AvgIpc) is 2.28. The molecule has 0 aliphatic heterocycles. The molecule has 15 heavy (non-hydrogen) atoms. The van der Waals surface area contributed by atoms with E-state index in [4.69, 9.17) is 16.3 Å². The molecule has 1 aliphatic carbocycles. The third-order valence-electron chi connectivity index (χ3n) is 2.47. The van der Waals surface area contributed by atoms with Gasteiger partial charge in [0.05, 0.1) is 6.61 Å². The van der Waals surface area contributed by atoms with Crippen LogP contribution in [0.3, 0.4) is 0 Å². The van der Waals surface area contributed by atoms with Crippen molar-refractivity contribution in [1.82, 2.24) is 0 Å². The summed E-state index contributed by atoms with van der Waals surface area (Å²) < 4.78 is 4.83. The van der Waals surface area contributed by atoms with Gasteiger partial charge in [0.1, 0.15) is 0 Å². The summed E-state index contributed by atoms with van der Waals surface area (Å²) in [6.07, 6.45) is 1.98. The van der Waals surface area contributed by atoms with Crippen molar-refractivity contribution in [1.29, 1.82) is 0 Å². The monoisotopic (exact) mass is 230 g/mol. The van der Waals surface area contributed by atoms with Gasteiger partial charge in [-0.25, -0.2) is 4.79 Å². The van der Waals surface area contributed by atoms with Crippen molar-refractivity contribution >= 4 is 23.4 Å². The largest absolute Gasteiger partial charge is 0.464 e. The number of rotatable bonds is 2. The van der Waals surface area contributed by atoms with Gasteiger partial charge in [-0.3, -0.25) is 4.79 Å². The van der Waals surface area contributed by atoms with Gasteiger partial charge in [-0.15, -0.1) is 0 Å². The number of ether oxygens (including phenoxy) is 1. The maximum atomic E-state index is 11.7. The van der Waals surface area contributed by atoms with Crippen LogP contribution < -0.4 is 0 Å². The molecule has 1 rings (SSSR count). The Labute approximate surface area is 94.4 Å². The second kappa shape index (κ2) is 4.79. The summed E-state index contributed by atoms with van der Waals surface area (Å²) in [4.78, 5) is 21.8. The first-order valence-corrected chi connectivity index (χ1v) is 5.44. The molecule has 0 N–H and O–H groups in total. The Bertz CT molecular complexity index is 298. The molecule has 0 saturated heterocycles. The predicted octanol–water partition coefficient (Wildman–Crippen LogP) is 2.23. The molecule has 0 bridgehead atoms. The highest BCUT2D eigenvalue weighted by atomic mass is 35.5. The van der Waals surface area contributed by atoms with Crippen LogP contribution in [0.1, 0.15) is 32.6 Å². The van der Waals surface area contributed by atoms with Gasteiger partial charge in [-0.1, -0.05) is 23.8 Å². The maximum Gasteiger partial charge on any atom is 0.335 e. The van der Waals surface area contributed by atoms with Crippen LogP contribution in [0, 0.1) is 0 Å². The van der Waals surface area contributed by atoms with E-state index in [-0.39, 0.29) is 18.8 Å². The third kappa shape index (κ3) is 2.59.